The van der Waals surface area contributed by atoms with E-state index in [9.17, 15) is 0 Å². The van der Waals surface area contributed by atoms with Gasteiger partial charge in [0.15, 0.2) is 5.58 Å². The first-order chi connectivity index (χ1) is 9.13. The highest BCUT2D eigenvalue weighted by atomic mass is 16.3. The van der Waals surface area contributed by atoms with Crippen LogP contribution in [0.1, 0.15) is 24.1 Å². The fraction of sp³-hybridized carbons (Fsp3) is 0.188. The van der Waals surface area contributed by atoms with Gasteiger partial charge in [-0.15, -0.1) is 0 Å². The van der Waals surface area contributed by atoms with Crippen molar-refractivity contribution in [2.75, 3.05) is 0 Å². The molecule has 3 rings (SSSR count). The third kappa shape index (κ3) is 2.25. The largest absolute Gasteiger partial charge is 0.436 e. The quantitative estimate of drug-likeness (QED) is 0.754. The summed E-state index contributed by atoms with van der Waals surface area (Å²) in [5.74, 6) is 0.650. The van der Waals surface area contributed by atoms with Gasteiger partial charge in [0, 0.05) is 11.6 Å². The van der Waals surface area contributed by atoms with E-state index >= 15 is 0 Å². The second-order valence-electron chi connectivity index (χ2n) is 4.90. The van der Waals surface area contributed by atoms with Gasteiger partial charge in [0.25, 0.3) is 0 Å². The molecule has 0 aliphatic rings. The van der Waals surface area contributed by atoms with Crippen molar-refractivity contribution in [2.45, 2.75) is 19.9 Å². The molecular formula is C16H16N2O. The molecule has 0 saturated heterocycles. The van der Waals surface area contributed by atoms with Crippen molar-refractivity contribution in [3.05, 3.63) is 53.6 Å². The summed E-state index contributed by atoms with van der Waals surface area (Å²) in [5.41, 5.74) is 10.8. The SMILES string of the molecule is Cc1ccc2oc(-c3ccc(C(C)N)cc3)nc2c1. The van der Waals surface area contributed by atoms with E-state index in [1.54, 1.807) is 0 Å². The summed E-state index contributed by atoms with van der Waals surface area (Å²) in [6.45, 7) is 4.02. The normalized spacial score (nSPS) is 12.8. The molecular weight excluding hydrogens is 236 g/mol. The van der Waals surface area contributed by atoms with Gasteiger partial charge < -0.3 is 10.2 Å². The minimum absolute atomic E-state index is 0.0420. The van der Waals surface area contributed by atoms with Crippen LogP contribution in [0.4, 0.5) is 0 Å². The van der Waals surface area contributed by atoms with Crippen LogP contribution < -0.4 is 5.73 Å². The maximum Gasteiger partial charge on any atom is 0.227 e. The van der Waals surface area contributed by atoms with Crippen LogP contribution >= 0.6 is 0 Å². The molecule has 96 valence electrons. The molecule has 0 amide bonds. The van der Waals surface area contributed by atoms with Crippen molar-refractivity contribution in [1.82, 2.24) is 4.98 Å². The van der Waals surface area contributed by atoms with Gasteiger partial charge >= 0.3 is 0 Å². The molecule has 1 unspecified atom stereocenters. The predicted octanol–water partition coefficient (Wildman–Crippen LogP) is 3.82. The van der Waals surface area contributed by atoms with Crippen LogP contribution in [0, 0.1) is 6.92 Å². The molecule has 2 N–H and O–H groups in total. The number of fused-ring (bicyclic) bond motifs is 1. The number of hydrogen-bond acceptors (Lipinski definition) is 3. The molecule has 0 spiro atoms. The number of aryl methyl sites for hydroxylation is 1. The lowest BCUT2D eigenvalue weighted by Crippen LogP contribution is -2.04. The predicted molar refractivity (Wildman–Crippen MR) is 76.8 cm³/mol. The van der Waals surface area contributed by atoms with Gasteiger partial charge in [-0.25, -0.2) is 4.98 Å². The molecule has 1 heterocycles. The Morgan fingerprint density at radius 3 is 2.53 bits per heavy atom. The van der Waals surface area contributed by atoms with Crippen molar-refractivity contribution in [3.8, 4) is 11.5 Å². The minimum Gasteiger partial charge on any atom is -0.436 e. The van der Waals surface area contributed by atoms with Gasteiger partial charge in [0.05, 0.1) is 0 Å². The summed E-state index contributed by atoms with van der Waals surface area (Å²) in [5, 5.41) is 0. The van der Waals surface area contributed by atoms with E-state index in [0.29, 0.717) is 5.89 Å². The number of nitrogens with zero attached hydrogens (tertiary/aromatic N) is 1. The van der Waals surface area contributed by atoms with Crippen LogP contribution in [-0.4, -0.2) is 4.98 Å². The fourth-order valence-corrected chi connectivity index (χ4v) is 2.09. The van der Waals surface area contributed by atoms with E-state index in [4.69, 9.17) is 10.2 Å². The lowest BCUT2D eigenvalue weighted by atomic mass is 10.1. The van der Waals surface area contributed by atoms with Gasteiger partial charge in [-0.1, -0.05) is 18.2 Å². The summed E-state index contributed by atoms with van der Waals surface area (Å²) >= 11 is 0. The lowest BCUT2D eigenvalue weighted by molar-refractivity contribution is 0.619. The van der Waals surface area contributed by atoms with Gasteiger partial charge in [-0.05, 0) is 49.2 Å². The highest BCUT2D eigenvalue weighted by Crippen LogP contribution is 2.25. The molecule has 3 aromatic rings. The van der Waals surface area contributed by atoms with Crippen molar-refractivity contribution < 1.29 is 4.42 Å². The maximum absolute atomic E-state index is 5.84. The van der Waals surface area contributed by atoms with E-state index in [1.165, 1.54) is 5.56 Å². The van der Waals surface area contributed by atoms with E-state index in [-0.39, 0.29) is 6.04 Å². The average molecular weight is 252 g/mol. The number of hydrogen-bond donors (Lipinski definition) is 1. The third-order valence-corrected chi connectivity index (χ3v) is 3.23. The van der Waals surface area contributed by atoms with Gasteiger partial charge in [-0.3, -0.25) is 0 Å². The lowest BCUT2D eigenvalue weighted by Gasteiger charge is -2.04. The third-order valence-electron chi connectivity index (χ3n) is 3.23. The van der Waals surface area contributed by atoms with Crippen LogP contribution in [0.3, 0.4) is 0 Å². The molecule has 3 heteroatoms. The van der Waals surface area contributed by atoms with Gasteiger partial charge in [-0.2, -0.15) is 0 Å². The van der Waals surface area contributed by atoms with Crippen LogP contribution in [0.5, 0.6) is 0 Å². The van der Waals surface area contributed by atoms with Crippen LogP contribution in [-0.2, 0) is 0 Å². The first-order valence-corrected chi connectivity index (χ1v) is 6.36. The Morgan fingerprint density at radius 1 is 1.11 bits per heavy atom. The molecule has 0 radical (unpaired) electrons. The van der Waals surface area contributed by atoms with E-state index in [0.717, 1.165) is 22.2 Å². The summed E-state index contributed by atoms with van der Waals surface area (Å²) in [4.78, 5) is 4.52. The van der Waals surface area contributed by atoms with E-state index in [2.05, 4.69) is 4.98 Å². The maximum atomic E-state index is 5.84. The van der Waals surface area contributed by atoms with Crippen LogP contribution in [0.2, 0.25) is 0 Å². The average Bonchev–Trinajstić information content (AvgIpc) is 2.81. The van der Waals surface area contributed by atoms with Crippen molar-refractivity contribution in [1.29, 1.82) is 0 Å². The molecule has 19 heavy (non-hydrogen) atoms. The zero-order chi connectivity index (χ0) is 13.4. The van der Waals surface area contributed by atoms with E-state index in [1.807, 2.05) is 56.3 Å². The Balaban J connectivity index is 2.03. The van der Waals surface area contributed by atoms with Crippen LogP contribution in [0.15, 0.2) is 46.9 Å². The Bertz CT molecular complexity index is 711. The summed E-state index contributed by atoms with van der Waals surface area (Å²) in [7, 11) is 0. The molecule has 0 fully saturated rings. The first kappa shape index (κ1) is 11.9. The van der Waals surface area contributed by atoms with E-state index < -0.39 is 0 Å². The summed E-state index contributed by atoms with van der Waals surface area (Å²) in [6, 6.07) is 14.1. The Hall–Kier alpha value is -2.13. The molecule has 2 aromatic carbocycles. The zero-order valence-corrected chi connectivity index (χ0v) is 11.1. The monoisotopic (exact) mass is 252 g/mol. The number of benzene rings is 2. The molecule has 3 nitrogen and oxygen atoms in total. The highest BCUT2D eigenvalue weighted by Gasteiger charge is 2.08. The fourth-order valence-electron chi connectivity index (χ4n) is 2.09. The summed E-state index contributed by atoms with van der Waals surface area (Å²) < 4.78 is 5.77. The minimum atomic E-state index is 0.0420. The number of nitrogens with two attached hydrogens (primary N) is 1. The molecule has 0 aliphatic heterocycles. The standard InChI is InChI=1S/C16H16N2O/c1-10-3-8-15-14(9-10)18-16(19-15)13-6-4-12(5-7-13)11(2)17/h3-9,11H,17H2,1-2H3. The number of oxazole rings is 1. The van der Waals surface area contributed by atoms with Gasteiger partial charge in [0.1, 0.15) is 5.52 Å². The Morgan fingerprint density at radius 2 is 1.84 bits per heavy atom. The summed E-state index contributed by atoms with van der Waals surface area (Å²) in [6.07, 6.45) is 0. The first-order valence-electron chi connectivity index (χ1n) is 6.36. The molecule has 1 aromatic heterocycles. The smallest absolute Gasteiger partial charge is 0.227 e. The molecule has 0 aliphatic carbocycles. The zero-order valence-electron chi connectivity index (χ0n) is 11.1. The Labute approximate surface area is 112 Å². The highest BCUT2D eigenvalue weighted by molar-refractivity contribution is 5.76. The molecule has 0 bridgehead atoms. The second kappa shape index (κ2) is 4.52. The van der Waals surface area contributed by atoms with Crippen LogP contribution in [0.25, 0.3) is 22.6 Å². The van der Waals surface area contributed by atoms with Gasteiger partial charge in [0.2, 0.25) is 5.89 Å². The molecule has 1 atom stereocenters. The van der Waals surface area contributed by atoms with Crippen molar-refractivity contribution >= 4 is 11.1 Å². The molecule has 0 saturated carbocycles. The van der Waals surface area contributed by atoms with Crippen molar-refractivity contribution in [2.24, 2.45) is 5.73 Å². The second-order valence-corrected chi connectivity index (χ2v) is 4.90. The number of aromatic nitrogens is 1. The Kier molecular flexibility index (Phi) is 2.84. The number of rotatable bonds is 2. The topological polar surface area (TPSA) is 52.0 Å². The van der Waals surface area contributed by atoms with Crippen molar-refractivity contribution in [3.63, 3.8) is 0 Å².